The molecule has 0 amide bonds. The minimum Gasteiger partial charge on any atom is -0.308 e. The first-order chi connectivity index (χ1) is 27.8. The number of aromatic nitrogens is 3. The Morgan fingerprint density at radius 3 is 1.66 bits per heavy atom. The second-order valence-electron chi connectivity index (χ2n) is 14.5. The zero-order chi connectivity index (χ0) is 36.7. The van der Waals surface area contributed by atoms with Crippen LogP contribution in [0.2, 0.25) is 0 Å². The highest BCUT2D eigenvalue weighted by Crippen LogP contribution is 2.46. The molecule has 3 nitrogen and oxygen atoms in total. The van der Waals surface area contributed by atoms with Crippen LogP contribution in [-0.4, -0.2) is 14.5 Å². The van der Waals surface area contributed by atoms with Crippen molar-refractivity contribution in [2.75, 3.05) is 0 Å². The molecule has 0 aliphatic heterocycles. The molecule has 0 unspecified atom stereocenters. The van der Waals surface area contributed by atoms with Gasteiger partial charge in [-0.05, 0) is 62.6 Å². The van der Waals surface area contributed by atoms with Gasteiger partial charge in [-0.3, -0.25) is 0 Å². The summed E-state index contributed by atoms with van der Waals surface area (Å²) in [6.45, 7) is 0. The van der Waals surface area contributed by atoms with Gasteiger partial charge in [0.05, 0.1) is 27.1 Å². The fraction of sp³-hybridized carbons (Fsp3) is 0. The average molecular weight is 730 g/mol. The predicted octanol–water partition coefficient (Wildman–Crippen LogP) is 14.4. The molecule has 0 fully saturated rings. The van der Waals surface area contributed by atoms with E-state index in [1.54, 1.807) is 0 Å². The van der Waals surface area contributed by atoms with Gasteiger partial charge in [-0.15, -0.1) is 11.3 Å². The molecule has 3 aromatic heterocycles. The molecule has 0 atom stereocenters. The van der Waals surface area contributed by atoms with Crippen molar-refractivity contribution >= 4 is 85.6 Å². The van der Waals surface area contributed by atoms with E-state index in [4.69, 9.17) is 9.97 Å². The van der Waals surface area contributed by atoms with E-state index in [2.05, 4.69) is 193 Å². The van der Waals surface area contributed by atoms with Crippen LogP contribution >= 0.6 is 11.3 Å². The maximum atomic E-state index is 5.42. The van der Waals surface area contributed by atoms with Crippen molar-refractivity contribution < 1.29 is 0 Å². The summed E-state index contributed by atoms with van der Waals surface area (Å²) in [5, 5.41) is 12.5. The first-order valence-corrected chi connectivity index (χ1v) is 19.8. The number of hydrogen-bond acceptors (Lipinski definition) is 3. The van der Waals surface area contributed by atoms with Gasteiger partial charge in [0.25, 0.3) is 0 Å². The molecular weight excluding hydrogens is 699 g/mol. The van der Waals surface area contributed by atoms with Gasteiger partial charge in [-0.2, -0.15) is 0 Å². The zero-order valence-corrected chi connectivity index (χ0v) is 31.0. The van der Waals surface area contributed by atoms with E-state index < -0.39 is 0 Å². The molecule has 260 valence electrons. The van der Waals surface area contributed by atoms with Crippen molar-refractivity contribution in [1.82, 2.24) is 14.5 Å². The molecule has 0 N–H and O–H groups in total. The molecule has 0 aliphatic rings. The topological polar surface area (TPSA) is 30.7 Å². The van der Waals surface area contributed by atoms with Crippen LogP contribution < -0.4 is 0 Å². The Labute approximate surface area is 326 Å². The third-order valence-electron chi connectivity index (χ3n) is 11.4. The van der Waals surface area contributed by atoms with Gasteiger partial charge in [0.15, 0.2) is 5.82 Å². The Balaban J connectivity index is 1.12. The van der Waals surface area contributed by atoms with Crippen molar-refractivity contribution in [3.8, 4) is 39.6 Å². The molecule has 0 saturated heterocycles. The number of nitrogens with zero attached hydrogens (tertiary/aromatic N) is 3. The first kappa shape index (κ1) is 31.2. The fourth-order valence-electron chi connectivity index (χ4n) is 8.87. The van der Waals surface area contributed by atoms with Gasteiger partial charge >= 0.3 is 0 Å². The summed E-state index contributed by atoms with van der Waals surface area (Å²) in [7, 11) is 0. The van der Waals surface area contributed by atoms with Crippen LogP contribution in [0.3, 0.4) is 0 Å². The number of benzene rings is 9. The smallest absolute Gasteiger partial charge is 0.160 e. The number of fused-ring (bicyclic) bond motifs is 13. The van der Waals surface area contributed by atoms with Crippen molar-refractivity contribution in [3.05, 3.63) is 188 Å². The van der Waals surface area contributed by atoms with E-state index in [9.17, 15) is 0 Å². The highest BCUT2D eigenvalue weighted by atomic mass is 32.1. The second kappa shape index (κ2) is 12.2. The monoisotopic (exact) mass is 729 g/mol. The van der Waals surface area contributed by atoms with E-state index in [1.807, 2.05) is 11.3 Å². The summed E-state index contributed by atoms with van der Waals surface area (Å²) in [5.41, 5.74) is 8.59. The van der Waals surface area contributed by atoms with E-state index in [0.717, 1.165) is 33.8 Å². The van der Waals surface area contributed by atoms with Crippen molar-refractivity contribution in [1.29, 1.82) is 0 Å². The van der Waals surface area contributed by atoms with Crippen LogP contribution in [0.15, 0.2) is 188 Å². The number of para-hydroxylation sites is 2. The normalized spacial score (nSPS) is 11.9. The Hall–Kier alpha value is -7.14. The SMILES string of the molecule is c1ccc(-c2cc(-c3cccc4c3sc3c4ccc4c5ccccc5n(-c5ccccc5)c43)nc(-c3ccc4c5ccccc5c5ccccc5c4c3)n2)cc1. The number of rotatable bonds is 4. The predicted molar refractivity (Wildman–Crippen MR) is 238 cm³/mol. The van der Waals surface area contributed by atoms with Crippen LogP contribution in [0.1, 0.15) is 0 Å². The van der Waals surface area contributed by atoms with Gasteiger partial charge in [-0.25, -0.2) is 9.97 Å². The molecular formula is C52H31N3S. The summed E-state index contributed by atoms with van der Waals surface area (Å²) in [6.07, 6.45) is 0. The highest BCUT2D eigenvalue weighted by molar-refractivity contribution is 7.27. The molecule has 12 rings (SSSR count). The lowest BCUT2D eigenvalue weighted by molar-refractivity contribution is 1.19. The van der Waals surface area contributed by atoms with Gasteiger partial charge in [-0.1, -0.05) is 158 Å². The van der Waals surface area contributed by atoms with Gasteiger partial charge in [0.1, 0.15) is 0 Å². The maximum Gasteiger partial charge on any atom is 0.160 e. The molecule has 9 aromatic carbocycles. The molecule has 56 heavy (non-hydrogen) atoms. The zero-order valence-electron chi connectivity index (χ0n) is 30.1. The molecule has 0 radical (unpaired) electrons. The van der Waals surface area contributed by atoms with Crippen LogP contribution in [0.5, 0.6) is 0 Å². The molecule has 0 bridgehead atoms. The first-order valence-electron chi connectivity index (χ1n) is 19.0. The van der Waals surface area contributed by atoms with E-state index in [1.165, 1.54) is 74.3 Å². The highest BCUT2D eigenvalue weighted by Gasteiger charge is 2.20. The molecule has 0 saturated carbocycles. The van der Waals surface area contributed by atoms with Gasteiger partial charge in [0.2, 0.25) is 0 Å². The Kier molecular flexibility index (Phi) is 6.80. The third-order valence-corrected chi connectivity index (χ3v) is 12.6. The van der Waals surface area contributed by atoms with Crippen LogP contribution in [0, 0.1) is 0 Å². The lowest BCUT2D eigenvalue weighted by atomic mass is 9.93. The van der Waals surface area contributed by atoms with Crippen molar-refractivity contribution in [2.24, 2.45) is 0 Å². The molecule has 4 heteroatoms. The molecule has 0 aliphatic carbocycles. The largest absolute Gasteiger partial charge is 0.308 e. The van der Waals surface area contributed by atoms with E-state index >= 15 is 0 Å². The number of thiophene rings is 1. The van der Waals surface area contributed by atoms with Crippen LogP contribution in [0.25, 0.3) is 114 Å². The summed E-state index contributed by atoms with van der Waals surface area (Å²) >= 11 is 1.86. The lowest BCUT2D eigenvalue weighted by Crippen LogP contribution is -1.96. The lowest BCUT2D eigenvalue weighted by Gasteiger charge is -2.13. The number of hydrogen-bond donors (Lipinski definition) is 0. The summed E-state index contributed by atoms with van der Waals surface area (Å²) in [4.78, 5) is 10.7. The van der Waals surface area contributed by atoms with Crippen molar-refractivity contribution in [3.63, 3.8) is 0 Å². The van der Waals surface area contributed by atoms with Crippen LogP contribution in [0.4, 0.5) is 0 Å². The Morgan fingerprint density at radius 2 is 0.911 bits per heavy atom. The van der Waals surface area contributed by atoms with E-state index in [-0.39, 0.29) is 0 Å². The van der Waals surface area contributed by atoms with Gasteiger partial charge in [0, 0.05) is 48.6 Å². The minimum absolute atomic E-state index is 0.713. The third kappa shape index (κ3) is 4.63. The van der Waals surface area contributed by atoms with Gasteiger partial charge < -0.3 is 4.57 Å². The standard InChI is InChI=1S/C52H31N3S/c1-3-14-32(15-4-1)46-31-47(54-52(53-46)33-26-27-39-37-20-8-7-18-35(37)36-19-9-10-21-38(36)45(39)30-33)44-24-13-23-42-43-29-28-41-40-22-11-12-25-48(40)55(34-16-5-2-6-17-34)49(41)51(43)56-50(42)44/h1-31H. The Morgan fingerprint density at radius 1 is 0.357 bits per heavy atom. The van der Waals surface area contributed by atoms with Crippen molar-refractivity contribution in [2.45, 2.75) is 0 Å². The summed E-state index contributed by atoms with van der Waals surface area (Å²) < 4.78 is 4.93. The molecule has 0 spiro atoms. The fourth-order valence-corrected chi connectivity index (χ4v) is 10.2. The molecule has 3 heterocycles. The molecule has 12 aromatic rings. The van der Waals surface area contributed by atoms with E-state index in [0.29, 0.717) is 5.82 Å². The quantitative estimate of drug-likeness (QED) is 0.169. The second-order valence-corrected chi connectivity index (χ2v) is 15.5. The average Bonchev–Trinajstić information content (AvgIpc) is 3.83. The van der Waals surface area contributed by atoms with Crippen LogP contribution in [-0.2, 0) is 0 Å². The summed E-state index contributed by atoms with van der Waals surface area (Å²) in [5.74, 6) is 0.713. The maximum absolute atomic E-state index is 5.42. The summed E-state index contributed by atoms with van der Waals surface area (Å²) in [6, 6.07) is 67.6. The Bertz CT molecular complexity index is 3490. The minimum atomic E-state index is 0.713.